The Morgan fingerprint density at radius 2 is 1.93 bits per heavy atom. The van der Waals surface area contributed by atoms with Crippen molar-refractivity contribution in [2.24, 2.45) is 11.8 Å². The molecule has 0 radical (unpaired) electrons. The third-order valence-electron chi connectivity index (χ3n) is 6.09. The number of aromatic nitrogens is 1. The number of amides is 2. The predicted octanol–water partition coefficient (Wildman–Crippen LogP) is 0.866. The van der Waals surface area contributed by atoms with Crippen molar-refractivity contribution in [3.63, 3.8) is 0 Å². The van der Waals surface area contributed by atoms with Crippen molar-refractivity contribution in [3.05, 3.63) is 24.0 Å². The molecule has 0 aromatic carbocycles. The summed E-state index contributed by atoms with van der Waals surface area (Å²) in [6.45, 7) is 5.18. The molecule has 0 spiro atoms. The van der Waals surface area contributed by atoms with E-state index in [0.717, 1.165) is 38.4 Å². The van der Waals surface area contributed by atoms with Crippen LogP contribution in [0.3, 0.4) is 0 Å². The molecule has 2 aliphatic heterocycles. The number of hydrogen-bond acceptors (Lipinski definition) is 6. The molecule has 158 valence electrons. The predicted molar refractivity (Wildman–Crippen MR) is 106 cm³/mol. The summed E-state index contributed by atoms with van der Waals surface area (Å²) in [7, 11) is 0. The number of ether oxygens (including phenoxy) is 1. The molecule has 1 aromatic rings. The Hall–Kier alpha value is -2.19. The maximum Gasteiger partial charge on any atom is 0.253 e. The fourth-order valence-electron chi connectivity index (χ4n) is 4.17. The van der Waals surface area contributed by atoms with Gasteiger partial charge in [0.15, 0.2) is 0 Å². The molecule has 1 saturated carbocycles. The van der Waals surface area contributed by atoms with E-state index in [2.05, 4.69) is 15.2 Å². The minimum atomic E-state index is -0.316. The van der Waals surface area contributed by atoms with Gasteiger partial charge in [0.25, 0.3) is 5.91 Å². The van der Waals surface area contributed by atoms with Gasteiger partial charge in [-0.25, -0.2) is 0 Å². The van der Waals surface area contributed by atoms with Crippen LogP contribution in [0.4, 0.5) is 0 Å². The second-order valence-corrected chi connectivity index (χ2v) is 8.56. The molecule has 2 N–H and O–H groups in total. The number of nitrogens with zero attached hydrogens (tertiary/aromatic N) is 3. The number of carbonyl (C=O) groups excluding carboxylic acids is 2. The SMILES string of the molecule is O=C(NCC1CN(CC2CCN(CC3CC3)CC2)C(=O)CO1)c1cncc(O)c1. The normalized spacial score (nSPS) is 23.9. The van der Waals surface area contributed by atoms with Crippen molar-refractivity contribution >= 4 is 11.8 Å². The molecule has 29 heavy (non-hydrogen) atoms. The third kappa shape index (κ3) is 5.67. The summed E-state index contributed by atoms with van der Waals surface area (Å²) in [5.41, 5.74) is 0.298. The van der Waals surface area contributed by atoms with Crippen LogP contribution in [0.15, 0.2) is 18.5 Å². The number of morpholine rings is 1. The zero-order valence-corrected chi connectivity index (χ0v) is 16.8. The molecule has 1 aromatic heterocycles. The van der Waals surface area contributed by atoms with Gasteiger partial charge in [-0.1, -0.05) is 0 Å². The lowest BCUT2D eigenvalue weighted by Gasteiger charge is -2.38. The summed E-state index contributed by atoms with van der Waals surface area (Å²) in [5, 5.41) is 12.3. The number of likely N-dealkylation sites (tertiary alicyclic amines) is 1. The van der Waals surface area contributed by atoms with E-state index in [-0.39, 0.29) is 30.3 Å². The fourth-order valence-corrected chi connectivity index (χ4v) is 4.17. The molecule has 8 nitrogen and oxygen atoms in total. The van der Waals surface area contributed by atoms with E-state index in [1.807, 2.05) is 4.90 Å². The highest BCUT2D eigenvalue weighted by Gasteiger charge is 2.31. The van der Waals surface area contributed by atoms with E-state index in [4.69, 9.17) is 4.74 Å². The first-order valence-corrected chi connectivity index (χ1v) is 10.6. The number of carbonyl (C=O) groups is 2. The van der Waals surface area contributed by atoms with Gasteiger partial charge in [-0.05, 0) is 56.7 Å². The Morgan fingerprint density at radius 3 is 2.66 bits per heavy atom. The third-order valence-corrected chi connectivity index (χ3v) is 6.09. The van der Waals surface area contributed by atoms with Gasteiger partial charge in [-0.3, -0.25) is 14.6 Å². The van der Waals surface area contributed by atoms with Gasteiger partial charge < -0.3 is 25.0 Å². The van der Waals surface area contributed by atoms with Crippen LogP contribution in [0.2, 0.25) is 0 Å². The first-order valence-electron chi connectivity index (χ1n) is 10.6. The first kappa shape index (κ1) is 20.1. The topological polar surface area (TPSA) is 95.0 Å². The van der Waals surface area contributed by atoms with Crippen molar-refractivity contribution < 1.29 is 19.4 Å². The lowest BCUT2D eigenvalue weighted by Crippen LogP contribution is -2.52. The molecular formula is C21H30N4O4. The second-order valence-electron chi connectivity index (χ2n) is 8.56. The van der Waals surface area contributed by atoms with E-state index in [9.17, 15) is 14.7 Å². The Balaban J connectivity index is 1.21. The highest BCUT2D eigenvalue weighted by Crippen LogP contribution is 2.31. The molecule has 3 aliphatic rings. The van der Waals surface area contributed by atoms with Crippen molar-refractivity contribution in [1.29, 1.82) is 0 Å². The van der Waals surface area contributed by atoms with Gasteiger partial charge in [0.2, 0.25) is 5.91 Å². The smallest absolute Gasteiger partial charge is 0.253 e. The zero-order chi connectivity index (χ0) is 20.2. The largest absolute Gasteiger partial charge is 0.506 e. The van der Waals surface area contributed by atoms with Gasteiger partial charge in [-0.2, -0.15) is 0 Å². The summed E-state index contributed by atoms with van der Waals surface area (Å²) in [4.78, 5) is 32.8. The maximum atomic E-state index is 12.3. The minimum Gasteiger partial charge on any atom is -0.506 e. The van der Waals surface area contributed by atoms with E-state index in [1.165, 1.54) is 37.8 Å². The molecule has 3 fully saturated rings. The van der Waals surface area contributed by atoms with Crippen molar-refractivity contribution in [2.75, 3.05) is 45.9 Å². The van der Waals surface area contributed by atoms with Crippen LogP contribution in [-0.2, 0) is 9.53 Å². The van der Waals surface area contributed by atoms with Crippen molar-refractivity contribution in [3.8, 4) is 5.75 Å². The van der Waals surface area contributed by atoms with Crippen LogP contribution in [-0.4, -0.2) is 83.7 Å². The molecule has 4 rings (SSSR count). The Kier molecular flexibility index (Phi) is 6.30. The average Bonchev–Trinajstić information content (AvgIpc) is 3.54. The molecule has 2 amide bonds. The van der Waals surface area contributed by atoms with Crippen LogP contribution >= 0.6 is 0 Å². The lowest BCUT2D eigenvalue weighted by molar-refractivity contribution is -0.149. The fraction of sp³-hybridized carbons (Fsp3) is 0.667. The van der Waals surface area contributed by atoms with Crippen LogP contribution in [0.1, 0.15) is 36.0 Å². The van der Waals surface area contributed by atoms with E-state index in [0.29, 0.717) is 24.6 Å². The highest BCUT2D eigenvalue weighted by molar-refractivity contribution is 5.94. The summed E-state index contributed by atoms with van der Waals surface area (Å²) in [6, 6.07) is 1.37. The molecule has 3 heterocycles. The Labute approximate surface area is 171 Å². The van der Waals surface area contributed by atoms with Crippen molar-refractivity contribution in [1.82, 2.24) is 20.1 Å². The number of aromatic hydroxyl groups is 1. The molecular weight excluding hydrogens is 372 g/mol. The maximum absolute atomic E-state index is 12.3. The summed E-state index contributed by atoms with van der Waals surface area (Å²) in [5.74, 6) is 1.14. The number of hydrogen-bond donors (Lipinski definition) is 2. The standard InChI is InChI=1S/C21H30N4O4/c26-18-7-17(8-22-9-18)21(28)23-10-19-13-25(20(27)14-29-19)12-16-3-5-24(6-4-16)11-15-1-2-15/h7-9,15-16,19,26H,1-6,10-14H2,(H,23,28). The molecule has 2 saturated heterocycles. The first-order chi connectivity index (χ1) is 14.1. The van der Waals surface area contributed by atoms with Gasteiger partial charge in [0.05, 0.1) is 17.9 Å². The summed E-state index contributed by atoms with van der Waals surface area (Å²) in [6.07, 6.45) is 7.52. The van der Waals surface area contributed by atoms with Gasteiger partial charge in [0, 0.05) is 32.4 Å². The summed E-state index contributed by atoms with van der Waals surface area (Å²) < 4.78 is 5.61. The van der Waals surface area contributed by atoms with Crippen molar-refractivity contribution in [2.45, 2.75) is 31.8 Å². The minimum absolute atomic E-state index is 0.0326. The van der Waals surface area contributed by atoms with Gasteiger partial charge in [0.1, 0.15) is 12.4 Å². The number of piperidine rings is 1. The van der Waals surface area contributed by atoms with Crippen LogP contribution in [0, 0.1) is 11.8 Å². The monoisotopic (exact) mass is 402 g/mol. The number of pyridine rings is 1. The second kappa shape index (κ2) is 9.09. The summed E-state index contributed by atoms with van der Waals surface area (Å²) >= 11 is 0. The average molecular weight is 402 g/mol. The molecule has 1 atom stereocenters. The Morgan fingerprint density at radius 1 is 1.17 bits per heavy atom. The van der Waals surface area contributed by atoms with Crippen LogP contribution < -0.4 is 5.32 Å². The number of nitrogens with one attached hydrogen (secondary N) is 1. The van der Waals surface area contributed by atoms with E-state index < -0.39 is 0 Å². The lowest BCUT2D eigenvalue weighted by atomic mass is 9.95. The number of rotatable bonds is 7. The highest BCUT2D eigenvalue weighted by atomic mass is 16.5. The molecule has 1 aliphatic carbocycles. The van der Waals surface area contributed by atoms with E-state index >= 15 is 0 Å². The molecule has 0 bridgehead atoms. The molecule has 1 unspecified atom stereocenters. The molecule has 8 heteroatoms. The Bertz CT molecular complexity index is 731. The van der Waals surface area contributed by atoms with Gasteiger partial charge >= 0.3 is 0 Å². The van der Waals surface area contributed by atoms with Gasteiger partial charge in [-0.15, -0.1) is 0 Å². The van der Waals surface area contributed by atoms with Crippen LogP contribution in [0.5, 0.6) is 5.75 Å². The quantitative estimate of drug-likeness (QED) is 0.703. The van der Waals surface area contributed by atoms with Crippen LogP contribution in [0.25, 0.3) is 0 Å². The zero-order valence-electron chi connectivity index (χ0n) is 16.8. The van der Waals surface area contributed by atoms with E-state index in [1.54, 1.807) is 0 Å².